The highest BCUT2D eigenvalue weighted by molar-refractivity contribution is 6.40. The van der Waals surface area contributed by atoms with E-state index in [9.17, 15) is 14.0 Å². The van der Waals surface area contributed by atoms with Crippen molar-refractivity contribution in [2.24, 2.45) is 5.92 Å². The molecular weight excluding hydrogens is 299 g/mol. The van der Waals surface area contributed by atoms with Crippen molar-refractivity contribution in [3.05, 3.63) is 29.0 Å². The molecule has 0 aromatic heterocycles. The first-order valence-corrected chi connectivity index (χ1v) is 6.90. The molecule has 2 amide bonds. The first-order chi connectivity index (χ1) is 9.85. The van der Waals surface area contributed by atoms with Crippen molar-refractivity contribution in [1.29, 1.82) is 0 Å². The molecule has 0 aliphatic heterocycles. The minimum absolute atomic E-state index is 0.0526. The van der Waals surface area contributed by atoms with E-state index < -0.39 is 17.6 Å². The third-order valence-electron chi connectivity index (χ3n) is 2.94. The Bertz CT molecular complexity index is 523. The molecule has 7 heteroatoms. The van der Waals surface area contributed by atoms with Gasteiger partial charge in [-0.25, -0.2) is 4.39 Å². The lowest BCUT2D eigenvalue weighted by Gasteiger charge is -2.21. The molecule has 116 valence electrons. The largest absolute Gasteiger partial charge is 0.396 e. The second-order valence-electron chi connectivity index (χ2n) is 4.91. The average molecular weight is 317 g/mol. The van der Waals surface area contributed by atoms with Gasteiger partial charge in [0, 0.05) is 17.7 Å². The summed E-state index contributed by atoms with van der Waals surface area (Å²) in [4.78, 5) is 23.5. The maximum absolute atomic E-state index is 13.5. The number of aliphatic hydroxyl groups excluding tert-OH is 1. The Hall–Kier alpha value is -1.66. The van der Waals surface area contributed by atoms with E-state index in [-0.39, 0.29) is 29.3 Å². The van der Waals surface area contributed by atoms with Gasteiger partial charge in [0.25, 0.3) is 0 Å². The van der Waals surface area contributed by atoms with Crippen LogP contribution >= 0.6 is 11.6 Å². The maximum atomic E-state index is 13.5. The molecule has 0 heterocycles. The lowest BCUT2D eigenvalue weighted by Crippen LogP contribution is -2.44. The monoisotopic (exact) mass is 316 g/mol. The molecule has 0 radical (unpaired) electrons. The first-order valence-electron chi connectivity index (χ1n) is 6.53. The number of amides is 2. The van der Waals surface area contributed by atoms with Gasteiger partial charge < -0.3 is 15.7 Å². The number of halogens is 2. The number of benzene rings is 1. The second kappa shape index (κ2) is 7.95. The Morgan fingerprint density at radius 2 is 2.00 bits per heavy atom. The highest BCUT2D eigenvalue weighted by Gasteiger charge is 2.21. The molecule has 0 aliphatic rings. The van der Waals surface area contributed by atoms with Crippen LogP contribution in [0.15, 0.2) is 18.2 Å². The number of hydrogen-bond donors (Lipinski definition) is 3. The summed E-state index contributed by atoms with van der Waals surface area (Å²) in [5, 5.41) is 13.8. The number of carbonyl (C=O) groups is 2. The van der Waals surface area contributed by atoms with Gasteiger partial charge in [0.2, 0.25) is 0 Å². The van der Waals surface area contributed by atoms with E-state index in [0.717, 1.165) is 6.07 Å². The van der Waals surface area contributed by atoms with Crippen LogP contribution in [0.2, 0.25) is 5.02 Å². The molecule has 0 fully saturated rings. The quantitative estimate of drug-likeness (QED) is 0.726. The molecule has 0 bridgehead atoms. The zero-order chi connectivity index (χ0) is 16.0. The zero-order valence-electron chi connectivity index (χ0n) is 11.8. The van der Waals surface area contributed by atoms with Crippen LogP contribution in [0.4, 0.5) is 10.1 Å². The summed E-state index contributed by atoms with van der Waals surface area (Å²) in [5.74, 6) is -2.51. The van der Waals surface area contributed by atoms with E-state index in [2.05, 4.69) is 10.6 Å². The van der Waals surface area contributed by atoms with Crippen molar-refractivity contribution >= 4 is 29.1 Å². The lowest BCUT2D eigenvalue weighted by atomic mass is 10.0. The van der Waals surface area contributed by atoms with Crippen molar-refractivity contribution in [3.8, 4) is 0 Å². The smallest absolute Gasteiger partial charge is 0.313 e. The third-order valence-corrected chi connectivity index (χ3v) is 3.18. The van der Waals surface area contributed by atoms with Crippen LogP contribution in [0.5, 0.6) is 0 Å². The summed E-state index contributed by atoms with van der Waals surface area (Å²) >= 11 is 5.70. The number of anilines is 1. The van der Waals surface area contributed by atoms with Crippen LogP contribution in [0.3, 0.4) is 0 Å². The van der Waals surface area contributed by atoms with Gasteiger partial charge in [0.1, 0.15) is 5.82 Å². The average Bonchev–Trinajstić information content (AvgIpc) is 2.42. The van der Waals surface area contributed by atoms with E-state index in [1.54, 1.807) is 0 Å². The number of aliphatic hydroxyl groups is 1. The van der Waals surface area contributed by atoms with Crippen molar-refractivity contribution < 1.29 is 19.1 Å². The fraction of sp³-hybridized carbons (Fsp3) is 0.429. The van der Waals surface area contributed by atoms with Crippen LogP contribution in [-0.2, 0) is 9.59 Å². The molecular formula is C14H18ClFN2O3. The Labute approximate surface area is 127 Å². The van der Waals surface area contributed by atoms with Crippen molar-refractivity contribution in [2.75, 3.05) is 11.9 Å². The van der Waals surface area contributed by atoms with Gasteiger partial charge in [-0.3, -0.25) is 9.59 Å². The molecule has 21 heavy (non-hydrogen) atoms. The van der Waals surface area contributed by atoms with Crippen LogP contribution in [0.1, 0.15) is 20.3 Å². The van der Waals surface area contributed by atoms with E-state index in [1.165, 1.54) is 12.1 Å². The minimum atomic E-state index is -0.986. The van der Waals surface area contributed by atoms with E-state index >= 15 is 0 Å². The predicted molar refractivity (Wildman–Crippen MR) is 78.5 cm³/mol. The SMILES string of the molecule is CC(C)C(CCO)NC(=O)C(=O)Nc1cc(Cl)ccc1F. The molecule has 0 saturated heterocycles. The van der Waals surface area contributed by atoms with Gasteiger partial charge in [-0.15, -0.1) is 0 Å². The van der Waals surface area contributed by atoms with Gasteiger partial charge in [0.05, 0.1) is 5.69 Å². The van der Waals surface area contributed by atoms with Crippen LogP contribution in [0.25, 0.3) is 0 Å². The molecule has 0 aliphatic carbocycles. The molecule has 5 nitrogen and oxygen atoms in total. The van der Waals surface area contributed by atoms with Crippen LogP contribution in [0, 0.1) is 11.7 Å². The van der Waals surface area contributed by atoms with Gasteiger partial charge in [-0.1, -0.05) is 25.4 Å². The maximum Gasteiger partial charge on any atom is 0.313 e. The lowest BCUT2D eigenvalue weighted by molar-refractivity contribution is -0.136. The first kappa shape index (κ1) is 17.4. The third kappa shape index (κ3) is 5.32. The van der Waals surface area contributed by atoms with Gasteiger partial charge in [-0.05, 0) is 30.5 Å². The van der Waals surface area contributed by atoms with E-state index in [4.69, 9.17) is 16.7 Å². The highest BCUT2D eigenvalue weighted by atomic mass is 35.5. The number of rotatable bonds is 5. The number of hydrogen-bond acceptors (Lipinski definition) is 3. The van der Waals surface area contributed by atoms with Crippen molar-refractivity contribution in [1.82, 2.24) is 5.32 Å². The number of nitrogens with one attached hydrogen (secondary N) is 2. The molecule has 1 unspecified atom stereocenters. The molecule has 1 rings (SSSR count). The summed E-state index contributed by atoms with van der Waals surface area (Å²) in [5.41, 5.74) is -0.161. The molecule has 1 aromatic rings. The summed E-state index contributed by atoms with van der Waals surface area (Å²) < 4.78 is 13.5. The summed E-state index contributed by atoms with van der Waals surface area (Å²) in [6, 6.07) is 3.31. The Morgan fingerprint density at radius 3 is 2.57 bits per heavy atom. The summed E-state index contributed by atoms with van der Waals surface area (Å²) in [6.45, 7) is 3.61. The van der Waals surface area contributed by atoms with Crippen LogP contribution < -0.4 is 10.6 Å². The summed E-state index contributed by atoms with van der Waals surface area (Å²) in [7, 11) is 0. The Balaban J connectivity index is 2.70. The van der Waals surface area contributed by atoms with Crippen molar-refractivity contribution in [3.63, 3.8) is 0 Å². The predicted octanol–water partition coefficient (Wildman–Crippen LogP) is 1.94. The molecule has 3 N–H and O–H groups in total. The van der Waals surface area contributed by atoms with Gasteiger partial charge >= 0.3 is 11.8 Å². The van der Waals surface area contributed by atoms with E-state index in [1.807, 2.05) is 13.8 Å². The fourth-order valence-corrected chi connectivity index (χ4v) is 1.89. The molecule has 0 spiro atoms. The van der Waals surface area contributed by atoms with Gasteiger partial charge in [0.15, 0.2) is 0 Å². The molecule has 1 atom stereocenters. The molecule has 0 saturated carbocycles. The number of carbonyl (C=O) groups excluding carboxylic acids is 2. The van der Waals surface area contributed by atoms with Gasteiger partial charge in [-0.2, -0.15) is 0 Å². The molecule has 1 aromatic carbocycles. The normalized spacial score (nSPS) is 12.1. The summed E-state index contributed by atoms with van der Waals surface area (Å²) in [6.07, 6.45) is 0.336. The Morgan fingerprint density at radius 1 is 1.33 bits per heavy atom. The standard InChI is InChI=1S/C14H18ClFN2O3/c1-8(2)11(5-6-19)17-13(20)14(21)18-12-7-9(15)3-4-10(12)16/h3-4,7-8,11,19H,5-6H2,1-2H3,(H,17,20)(H,18,21). The minimum Gasteiger partial charge on any atom is -0.396 e. The highest BCUT2D eigenvalue weighted by Crippen LogP contribution is 2.19. The second-order valence-corrected chi connectivity index (χ2v) is 5.35. The van der Waals surface area contributed by atoms with Crippen molar-refractivity contribution in [2.45, 2.75) is 26.3 Å². The van der Waals surface area contributed by atoms with E-state index in [0.29, 0.717) is 6.42 Å². The fourth-order valence-electron chi connectivity index (χ4n) is 1.72. The van der Waals surface area contributed by atoms with Crippen LogP contribution in [-0.4, -0.2) is 29.6 Å². The zero-order valence-corrected chi connectivity index (χ0v) is 12.6. The Kier molecular flexibility index (Phi) is 6.58. The topological polar surface area (TPSA) is 78.4 Å².